The summed E-state index contributed by atoms with van der Waals surface area (Å²) < 4.78 is 5.16. The van der Waals surface area contributed by atoms with Crippen molar-refractivity contribution in [3.8, 4) is 5.75 Å². The standard InChI is InChI=1S/C17H23N3O4/c1-24-13-4-7-18-14(12-13)15(22)20-9-3-6-17(20)5-2-8-19(10-11-21)16(17)23/h4,7,12,21H,2-3,5-6,8-11H2,1H3. The molecule has 0 bridgehead atoms. The highest BCUT2D eigenvalue weighted by Crippen LogP contribution is 2.39. The summed E-state index contributed by atoms with van der Waals surface area (Å²) in [5.41, 5.74) is -0.488. The number of methoxy groups -OCH3 is 1. The number of nitrogens with zero attached hydrogens (tertiary/aromatic N) is 3. The number of amides is 2. The van der Waals surface area contributed by atoms with Gasteiger partial charge in [0.05, 0.1) is 13.7 Å². The number of aromatic nitrogens is 1. The van der Waals surface area contributed by atoms with Crippen molar-refractivity contribution >= 4 is 11.8 Å². The molecule has 7 nitrogen and oxygen atoms in total. The van der Waals surface area contributed by atoms with E-state index in [4.69, 9.17) is 4.74 Å². The van der Waals surface area contributed by atoms with Gasteiger partial charge in [0, 0.05) is 31.9 Å². The molecule has 1 spiro atoms. The lowest BCUT2D eigenvalue weighted by Gasteiger charge is -2.44. The van der Waals surface area contributed by atoms with Gasteiger partial charge in [-0.15, -0.1) is 0 Å². The van der Waals surface area contributed by atoms with Crippen molar-refractivity contribution < 1.29 is 19.4 Å². The van der Waals surface area contributed by atoms with Gasteiger partial charge < -0.3 is 19.6 Å². The molecule has 2 aliphatic rings. The molecule has 1 aromatic rings. The number of piperidine rings is 1. The minimum atomic E-state index is -0.782. The average Bonchev–Trinajstić information content (AvgIpc) is 3.03. The molecule has 0 saturated carbocycles. The molecule has 0 radical (unpaired) electrons. The van der Waals surface area contributed by atoms with Crippen LogP contribution in [-0.4, -0.2) is 70.6 Å². The van der Waals surface area contributed by atoms with Crippen LogP contribution in [0.5, 0.6) is 5.75 Å². The number of pyridine rings is 1. The topological polar surface area (TPSA) is 83.0 Å². The normalized spacial score (nSPS) is 23.8. The van der Waals surface area contributed by atoms with E-state index in [1.165, 1.54) is 6.20 Å². The molecule has 3 heterocycles. The maximum atomic E-state index is 13.0. The molecule has 0 aliphatic carbocycles. The number of aliphatic hydroxyl groups is 1. The first-order valence-corrected chi connectivity index (χ1v) is 8.34. The van der Waals surface area contributed by atoms with Crippen LogP contribution in [0.3, 0.4) is 0 Å². The summed E-state index contributed by atoms with van der Waals surface area (Å²) in [6, 6.07) is 3.29. The Morgan fingerprint density at radius 1 is 1.38 bits per heavy atom. The van der Waals surface area contributed by atoms with Gasteiger partial charge in [-0.1, -0.05) is 0 Å². The number of carbonyl (C=O) groups is 2. The van der Waals surface area contributed by atoms with Gasteiger partial charge in [-0.2, -0.15) is 0 Å². The Morgan fingerprint density at radius 2 is 2.12 bits per heavy atom. The van der Waals surface area contributed by atoms with E-state index in [-0.39, 0.29) is 18.4 Å². The number of aliphatic hydroxyl groups excluding tert-OH is 1. The maximum Gasteiger partial charge on any atom is 0.273 e. The van der Waals surface area contributed by atoms with Gasteiger partial charge in [0.15, 0.2) is 0 Å². The second kappa shape index (κ2) is 6.76. The molecule has 24 heavy (non-hydrogen) atoms. The predicted octanol–water partition coefficient (Wildman–Crippen LogP) is 0.680. The Labute approximate surface area is 141 Å². The van der Waals surface area contributed by atoms with Gasteiger partial charge in [0.2, 0.25) is 5.91 Å². The van der Waals surface area contributed by atoms with Crippen molar-refractivity contribution in [1.82, 2.24) is 14.8 Å². The molecular formula is C17H23N3O4. The first-order chi connectivity index (χ1) is 11.6. The van der Waals surface area contributed by atoms with Crippen LogP contribution in [0.1, 0.15) is 36.2 Å². The zero-order valence-electron chi connectivity index (χ0n) is 13.9. The van der Waals surface area contributed by atoms with E-state index in [0.717, 1.165) is 12.8 Å². The fourth-order valence-electron chi connectivity index (χ4n) is 3.85. The van der Waals surface area contributed by atoms with Crippen LogP contribution < -0.4 is 4.74 Å². The van der Waals surface area contributed by atoms with Crippen LogP contribution in [0.2, 0.25) is 0 Å². The molecule has 3 rings (SSSR count). The monoisotopic (exact) mass is 333 g/mol. The van der Waals surface area contributed by atoms with Crippen LogP contribution in [-0.2, 0) is 4.79 Å². The van der Waals surface area contributed by atoms with Gasteiger partial charge in [0.25, 0.3) is 5.91 Å². The average molecular weight is 333 g/mol. The lowest BCUT2D eigenvalue weighted by atomic mass is 9.85. The van der Waals surface area contributed by atoms with Crippen molar-refractivity contribution in [2.24, 2.45) is 0 Å². The molecule has 130 valence electrons. The van der Waals surface area contributed by atoms with E-state index in [1.54, 1.807) is 29.0 Å². The summed E-state index contributed by atoms with van der Waals surface area (Å²) in [6.45, 7) is 1.45. The molecule has 2 aliphatic heterocycles. The zero-order valence-corrected chi connectivity index (χ0v) is 13.9. The molecule has 2 saturated heterocycles. The lowest BCUT2D eigenvalue weighted by Crippen LogP contribution is -2.61. The third kappa shape index (κ3) is 2.73. The number of ether oxygens (including phenoxy) is 1. The number of hydrogen-bond acceptors (Lipinski definition) is 5. The minimum Gasteiger partial charge on any atom is -0.497 e. The van der Waals surface area contributed by atoms with Gasteiger partial charge >= 0.3 is 0 Å². The molecule has 1 atom stereocenters. The Morgan fingerprint density at radius 3 is 2.83 bits per heavy atom. The van der Waals surface area contributed by atoms with E-state index in [2.05, 4.69) is 4.98 Å². The molecule has 1 N–H and O–H groups in total. The molecule has 0 aromatic carbocycles. The summed E-state index contributed by atoms with van der Waals surface area (Å²) in [6.07, 6.45) is 4.51. The number of rotatable bonds is 4. The first-order valence-electron chi connectivity index (χ1n) is 8.34. The van der Waals surface area contributed by atoms with Crippen molar-refractivity contribution in [2.75, 3.05) is 33.4 Å². The molecular weight excluding hydrogens is 310 g/mol. The van der Waals surface area contributed by atoms with Crippen molar-refractivity contribution in [1.29, 1.82) is 0 Å². The second-order valence-electron chi connectivity index (χ2n) is 6.29. The highest BCUT2D eigenvalue weighted by molar-refractivity contribution is 5.99. The summed E-state index contributed by atoms with van der Waals surface area (Å²) in [7, 11) is 1.54. The third-order valence-corrected chi connectivity index (χ3v) is 4.99. The first kappa shape index (κ1) is 16.7. The van der Waals surface area contributed by atoms with Crippen LogP contribution in [0.4, 0.5) is 0 Å². The largest absolute Gasteiger partial charge is 0.497 e. The van der Waals surface area contributed by atoms with E-state index >= 15 is 0 Å². The van der Waals surface area contributed by atoms with E-state index in [9.17, 15) is 14.7 Å². The van der Waals surface area contributed by atoms with Crippen LogP contribution >= 0.6 is 0 Å². The Kier molecular flexibility index (Phi) is 4.71. The molecule has 1 aromatic heterocycles. The molecule has 1 unspecified atom stereocenters. The van der Waals surface area contributed by atoms with Gasteiger partial charge in [-0.05, 0) is 31.7 Å². The highest BCUT2D eigenvalue weighted by Gasteiger charge is 2.52. The molecule has 7 heteroatoms. The van der Waals surface area contributed by atoms with E-state index in [1.807, 2.05) is 0 Å². The minimum absolute atomic E-state index is 0.0449. The van der Waals surface area contributed by atoms with Crippen LogP contribution in [0.15, 0.2) is 18.3 Å². The maximum absolute atomic E-state index is 13.0. The zero-order chi connectivity index (χ0) is 17.2. The number of β-amino-alcohol motifs (C(OH)–C–C–N with tert-alkyl or cyclic N) is 1. The van der Waals surface area contributed by atoms with Gasteiger partial charge in [-0.3, -0.25) is 14.6 Å². The second-order valence-corrected chi connectivity index (χ2v) is 6.29. The summed E-state index contributed by atoms with van der Waals surface area (Å²) >= 11 is 0. The van der Waals surface area contributed by atoms with E-state index in [0.29, 0.717) is 43.9 Å². The van der Waals surface area contributed by atoms with Crippen molar-refractivity contribution in [2.45, 2.75) is 31.2 Å². The quantitative estimate of drug-likeness (QED) is 0.876. The smallest absolute Gasteiger partial charge is 0.273 e. The fraction of sp³-hybridized carbons (Fsp3) is 0.588. The van der Waals surface area contributed by atoms with Crippen LogP contribution in [0.25, 0.3) is 0 Å². The third-order valence-electron chi connectivity index (χ3n) is 4.99. The number of likely N-dealkylation sites (tertiary alicyclic amines) is 2. The van der Waals surface area contributed by atoms with Gasteiger partial charge in [0.1, 0.15) is 17.0 Å². The molecule has 2 fully saturated rings. The Bertz CT molecular complexity index is 634. The van der Waals surface area contributed by atoms with E-state index < -0.39 is 5.54 Å². The molecule has 2 amide bonds. The number of carbonyl (C=O) groups excluding carboxylic acids is 2. The summed E-state index contributed by atoms with van der Waals surface area (Å²) in [5.74, 6) is 0.292. The number of hydrogen-bond donors (Lipinski definition) is 1. The predicted molar refractivity (Wildman–Crippen MR) is 86.7 cm³/mol. The SMILES string of the molecule is COc1ccnc(C(=O)N2CCCC23CCCN(CCO)C3=O)c1. The lowest BCUT2D eigenvalue weighted by molar-refractivity contribution is -0.146. The Balaban J connectivity index is 1.89. The highest BCUT2D eigenvalue weighted by atomic mass is 16.5. The van der Waals surface area contributed by atoms with Crippen molar-refractivity contribution in [3.05, 3.63) is 24.0 Å². The van der Waals surface area contributed by atoms with Gasteiger partial charge in [-0.25, -0.2) is 0 Å². The summed E-state index contributed by atoms with van der Waals surface area (Å²) in [4.78, 5) is 33.5. The fourth-order valence-corrected chi connectivity index (χ4v) is 3.85. The Hall–Kier alpha value is -2.15. The summed E-state index contributed by atoms with van der Waals surface area (Å²) in [5, 5.41) is 9.18. The van der Waals surface area contributed by atoms with Crippen molar-refractivity contribution in [3.63, 3.8) is 0 Å². The van der Waals surface area contributed by atoms with Crippen LogP contribution in [0, 0.1) is 0 Å².